The number of phenols is 1. The molecule has 1 N–H and O–H groups in total. The lowest BCUT2D eigenvalue weighted by Gasteiger charge is -2.04. The molecule has 3 aromatic rings. The van der Waals surface area contributed by atoms with E-state index in [1.807, 2.05) is 30.3 Å². The number of furan rings is 1. The van der Waals surface area contributed by atoms with Crippen molar-refractivity contribution in [2.24, 2.45) is 0 Å². The zero-order valence-corrected chi connectivity index (χ0v) is 11.2. The second-order valence-corrected chi connectivity index (χ2v) is 4.40. The summed E-state index contributed by atoms with van der Waals surface area (Å²) in [5, 5.41) is 10.8. The van der Waals surface area contributed by atoms with E-state index in [0.29, 0.717) is 11.5 Å². The molecule has 3 rings (SSSR count). The predicted molar refractivity (Wildman–Crippen MR) is 76.4 cm³/mol. The number of ether oxygens (including phenoxy) is 2. The summed E-state index contributed by atoms with van der Waals surface area (Å²) in [5.41, 5.74) is 1.54. The molecule has 0 unspecified atom stereocenters. The second kappa shape index (κ2) is 4.81. The minimum atomic E-state index is 0.0861. The highest BCUT2D eigenvalue weighted by Gasteiger charge is 2.10. The Kier molecular flexibility index (Phi) is 2.99. The van der Waals surface area contributed by atoms with Gasteiger partial charge in [0.1, 0.15) is 17.1 Å². The number of phenolic OH excluding ortho intramolecular Hbond substituents is 1. The first-order valence-electron chi connectivity index (χ1n) is 6.16. The molecule has 0 radical (unpaired) electrons. The van der Waals surface area contributed by atoms with E-state index in [1.54, 1.807) is 19.2 Å². The summed E-state index contributed by atoms with van der Waals surface area (Å²) < 4.78 is 16.0. The van der Waals surface area contributed by atoms with Crippen molar-refractivity contribution in [1.82, 2.24) is 0 Å². The molecule has 0 fully saturated rings. The van der Waals surface area contributed by atoms with Gasteiger partial charge in [-0.3, -0.25) is 0 Å². The molecule has 0 bridgehead atoms. The lowest BCUT2D eigenvalue weighted by molar-refractivity contribution is 0.373. The first-order valence-corrected chi connectivity index (χ1v) is 6.16. The maximum absolute atomic E-state index is 9.82. The van der Waals surface area contributed by atoms with E-state index in [0.717, 1.165) is 22.3 Å². The Balaban J connectivity index is 2.07. The van der Waals surface area contributed by atoms with Crippen LogP contribution in [0.2, 0.25) is 0 Å². The maximum atomic E-state index is 9.82. The molecule has 20 heavy (non-hydrogen) atoms. The van der Waals surface area contributed by atoms with E-state index in [4.69, 9.17) is 13.9 Å². The van der Waals surface area contributed by atoms with Gasteiger partial charge in [0, 0.05) is 17.0 Å². The number of aromatic hydroxyl groups is 1. The molecule has 0 amide bonds. The molecule has 0 atom stereocenters. The summed E-state index contributed by atoms with van der Waals surface area (Å²) in [7, 11) is 3.13. The Labute approximate surface area is 116 Å². The molecule has 1 heterocycles. The van der Waals surface area contributed by atoms with Gasteiger partial charge in [-0.05, 0) is 36.4 Å². The normalized spacial score (nSPS) is 10.7. The first-order chi connectivity index (χ1) is 9.71. The average Bonchev–Trinajstić information content (AvgIpc) is 2.89. The molecule has 0 aliphatic rings. The van der Waals surface area contributed by atoms with Crippen molar-refractivity contribution in [3.8, 4) is 28.6 Å². The maximum Gasteiger partial charge on any atom is 0.160 e. The highest BCUT2D eigenvalue weighted by atomic mass is 16.5. The summed E-state index contributed by atoms with van der Waals surface area (Å²) in [6.45, 7) is 0. The Hall–Kier alpha value is -2.62. The second-order valence-electron chi connectivity index (χ2n) is 4.40. The smallest absolute Gasteiger partial charge is 0.160 e. The van der Waals surface area contributed by atoms with E-state index >= 15 is 0 Å². The van der Waals surface area contributed by atoms with E-state index in [2.05, 4.69) is 0 Å². The number of hydrogen-bond acceptors (Lipinski definition) is 4. The van der Waals surface area contributed by atoms with E-state index in [-0.39, 0.29) is 5.75 Å². The third kappa shape index (κ3) is 2.05. The number of fused-ring (bicyclic) bond motifs is 1. The van der Waals surface area contributed by atoms with Gasteiger partial charge in [-0.1, -0.05) is 0 Å². The third-order valence-corrected chi connectivity index (χ3v) is 3.19. The zero-order chi connectivity index (χ0) is 14.1. The van der Waals surface area contributed by atoms with Crippen LogP contribution in [0, 0.1) is 0 Å². The summed E-state index contributed by atoms with van der Waals surface area (Å²) in [6.07, 6.45) is 0. The fourth-order valence-corrected chi connectivity index (χ4v) is 2.12. The minimum absolute atomic E-state index is 0.0861. The van der Waals surface area contributed by atoms with Crippen LogP contribution in [0.3, 0.4) is 0 Å². The van der Waals surface area contributed by atoms with Crippen LogP contribution < -0.4 is 9.47 Å². The van der Waals surface area contributed by atoms with Crippen LogP contribution in [0.4, 0.5) is 0 Å². The Morgan fingerprint density at radius 2 is 1.80 bits per heavy atom. The summed E-state index contributed by atoms with van der Waals surface area (Å²) in [6, 6.07) is 12.7. The van der Waals surface area contributed by atoms with Crippen LogP contribution in [0.5, 0.6) is 17.2 Å². The fraction of sp³-hybridized carbons (Fsp3) is 0.125. The Morgan fingerprint density at radius 1 is 0.950 bits per heavy atom. The fourth-order valence-electron chi connectivity index (χ4n) is 2.12. The van der Waals surface area contributed by atoms with Crippen molar-refractivity contribution in [1.29, 1.82) is 0 Å². The van der Waals surface area contributed by atoms with Crippen LogP contribution in [0.1, 0.15) is 0 Å². The van der Waals surface area contributed by atoms with Gasteiger partial charge in [0.05, 0.1) is 14.2 Å². The van der Waals surface area contributed by atoms with Crippen LogP contribution in [-0.4, -0.2) is 19.3 Å². The number of rotatable bonds is 3. The SMILES string of the molecule is COc1ccc2cc(-c3ccc(OC)c(O)c3)oc2c1. The monoisotopic (exact) mass is 270 g/mol. The topological polar surface area (TPSA) is 51.8 Å². The van der Waals surface area contributed by atoms with E-state index in [9.17, 15) is 5.11 Å². The van der Waals surface area contributed by atoms with Crippen molar-refractivity contribution in [2.75, 3.05) is 14.2 Å². The van der Waals surface area contributed by atoms with Crippen molar-refractivity contribution >= 4 is 11.0 Å². The first kappa shape index (κ1) is 12.4. The van der Waals surface area contributed by atoms with Crippen molar-refractivity contribution < 1.29 is 19.0 Å². The molecule has 4 heteroatoms. The molecule has 4 nitrogen and oxygen atoms in total. The Morgan fingerprint density at radius 3 is 2.50 bits per heavy atom. The average molecular weight is 270 g/mol. The van der Waals surface area contributed by atoms with Gasteiger partial charge in [-0.25, -0.2) is 0 Å². The van der Waals surface area contributed by atoms with Gasteiger partial charge in [0.15, 0.2) is 11.5 Å². The van der Waals surface area contributed by atoms with Gasteiger partial charge in [-0.15, -0.1) is 0 Å². The summed E-state index contributed by atoms with van der Waals surface area (Å²) in [5.74, 6) is 1.96. The van der Waals surface area contributed by atoms with Crippen molar-refractivity contribution in [3.63, 3.8) is 0 Å². The minimum Gasteiger partial charge on any atom is -0.504 e. The third-order valence-electron chi connectivity index (χ3n) is 3.19. The van der Waals surface area contributed by atoms with Gasteiger partial charge >= 0.3 is 0 Å². The molecule has 0 saturated carbocycles. The van der Waals surface area contributed by atoms with Gasteiger partial charge in [-0.2, -0.15) is 0 Å². The molecule has 102 valence electrons. The summed E-state index contributed by atoms with van der Waals surface area (Å²) in [4.78, 5) is 0. The molecule has 0 spiro atoms. The van der Waals surface area contributed by atoms with Crippen LogP contribution in [-0.2, 0) is 0 Å². The number of benzene rings is 2. The molecule has 1 aromatic heterocycles. The van der Waals surface area contributed by atoms with Crippen LogP contribution >= 0.6 is 0 Å². The van der Waals surface area contributed by atoms with Gasteiger partial charge < -0.3 is 19.0 Å². The quantitative estimate of drug-likeness (QED) is 0.786. The van der Waals surface area contributed by atoms with Gasteiger partial charge in [0.25, 0.3) is 0 Å². The largest absolute Gasteiger partial charge is 0.504 e. The molecular weight excluding hydrogens is 256 g/mol. The van der Waals surface area contributed by atoms with Crippen LogP contribution in [0.15, 0.2) is 46.9 Å². The summed E-state index contributed by atoms with van der Waals surface area (Å²) >= 11 is 0. The number of methoxy groups -OCH3 is 2. The lowest BCUT2D eigenvalue weighted by Crippen LogP contribution is -1.83. The standard InChI is InChI=1S/C16H14O4/c1-18-12-5-3-11-8-15(20-16(11)9-12)10-4-6-14(19-2)13(17)7-10/h3-9,17H,1-2H3. The molecule has 0 aliphatic carbocycles. The zero-order valence-electron chi connectivity index (χ0n) is 11.2. The van der Waals surface area contributed by atoms with Crippen molar-refractivity contribution in [3.05, 3.63) is 42.5 Å². The molecule has 2 aromatic carbocycles. The Bertz CT molecular complexity index is 758. The highest BCUT2D eigenvalue weighted by Crippen LogP contribution is 2.34. The number of hydrogen-bond donors (Lipinski definition) is 1. The molecule has 0 aliphatic heterocycles. The highest BCUT2D eigenvalue weighted by molar-refractivity contribution is 5.84. The predicted octanol–water partition coefficient (Wildman–Crippen LogP) is 3.82. The van der Waals surface area contributed by atoms with Crippen molar-refractivity contribution in [2.45, 2.75) is 0 Å². The molecular formula is C16H14O4. The van der Waals surface area contributed by atoms with Crippen LogP contribution in [0.25, 0.3) is 22.3 Å². The molecule has 0 saturated heterocycles. The van der Waals surface area contributed by atoms with E-state index in [1.165, 1.54) is 7.11 Å². The van der Waals surface area contributed by atoms with E-state index < -0.39 is 0 Å². The van der Waals surface area contributed by atoms with Gasteiger partial charge in [0.2, 0.25) is 0 Å². The lowest BCUT2D eigenvalue weighted by atomic mass is 10.1.